The summed E-state index contributed by atoms with van der Waals surface area (Å²) in [4.78, 5) is 11.7. The van der Waals surface area contributed by atoms with Crippen molar-refractivity contribution in [2.45, 2.75) is 37.2 Å². The van der Waals surface area contributed by atoms with Crippen LogP contribution in [-0.2, 0) is 5.60 Å². The van der Waals surface area contributed by atoms with E-state index in [4.69, 9.17) is 14.5 Å². The average Bonchev–Trinajstić information content (AvgIpc) is 3.78. The summed E-state index contributed by atoms with van der Waals surface area (Å²) in [6.07, 6.45) is 9.04. The predicted molar refractivity (Wildman–Crippen MR) is 137 cm³/mol. The van der Waals surface area contributed by atoms with Gasteiger partial charge < -0.3 is 19.5 Å². The zero-order valence-corrected chi connectivity index (χ0v) is 20.5. The first kappa shape index (κ1) is 22.7. The van der Waals surface area contributed by atoms with E-state index in [0.717, 1.165) is 46.6 Å². The van der Waals surface area contributed by atoms with Gasteiger partial charge in [0.2, 0.25) is 0 Å². The Kier molecular flexibility index (Phi) is 5.68. The van der Waals surface area contributed by atoms with Crippen molar-refractivity contribution in [3.05, 3.63) is 66.2 Å². The second-order valence-electron chi connectivity index (χ2n) is 9.63. The first-order valence-electron chi connectivity index (χ1n) is 12.4. The first-order valence-corrected chi connectivity index (χ1v) is 12.4. The summed E-state index contributed by atoms with van der Waals surface area (Å²) >= 11 is 0. The number of hydrogen-bond donors (Lipinski definition) is 1. The highest BCUT2D eigenvalue weighted by atomic mass is 16.5. The molecule has 2 aliphatic rings. The first-order chi connectivity index (χ1) is 17.6. The van der Waals surface area contributed by atoms with Gasteiger partial charge in [-0.3, -0.25) is 4.98 Å². The molecule has 0 unspecified atom stereocenters. The molecule has 8 nitrogen and oxygen atoms in total. The summed E-state index contributed by atoms with van der Waals surface area (Å²) in [7, 11) is 3.25. The van der Waals surface area contributed by atoms with Crippen LogP contribution in [0, 0.1) is 0 Å². The van der Waals surface area contributed by atoms with E-state index < -0.39 is 5.60 Å². The number of aliphatic hydroxyl groups is 1. The van der Waals surface area contributed by atoms with Gasteiger partial charge in [-0.2, -0.15) is 10.2 Å². The van der Waals surface area contributed by atoms with Crippen molar-refractivity contribution in [3.63, 3.8) is 0 Å². The predicted octanol–water partition coefficient (Wildman–Crippen LogP) is 4.47. The Balaban J connectivity index is 1.33. The van der Waals surface area contributed by atoms with E-state index in [0.29, 0.717) is 30.3 Å². The van der Waals surface area contributed by atoms with Crippen molar-refractivity contribution < 1.29 is 14.6 Å². The summed E-state index contributed by atoms with van der Waals surface area (Å²) in [5.74, 6) is 2.81. The van der Waals surface area contributed by atoms with Gasteiger partial charge >= 0.3 is 0 Å². The van der Waals surface area contributed by atoms with Crippen LogP contribution in [0.25, 0.3) is 22.0 Å². The molecular weight excluding hydrogens is 454 g/mol. The van der Waals surface area contributed by atoms with Crippen molar-refractivity contribution in [2.24, 2.45) is 0 Å². The van der Waals surface area contributed by atoms with Crippen LogP contribution in [0.1, 0.15) is 42.9 Å². The Hall–Kier alpha value is -3.78. The van der Waals surface area contributed by atoms with Crippen LogP contribution in [0.4, 0.5) is 5.82 Å². The van der Waals surface area contributed by atoms with Crippen LogP contribution in [-0.4, -0.2) is 52.6 Å². The van der Waals surface area contributed by atoms with E-state index in [9.17, 15) is 5.11 Å². The molecule has 1 aliphatic heterocycles. The lowest BCUT2D eigenvalue weighted by Gasteiger charge is -2.39. The number of rotatable bonds is 6. The fraction of sp³-hybridized carbons (Fsp3) is 0.357. The molecule has 1 aromatic carbocycles. The van der Waals surface area contributed by atoms with Crippen LogP contribution in [0.15, 0.2) is 55.0 Å². The molecule has 1 saturated heterocycles. The highest BCUT2D eigenvalue weighted by Gasteiger charge is 2.37. The van der Waals surface area contributed by atoms with Gasteiger partial charge in [0.1, 0.15) is 11.4 Å². The van der Waals surface area contributed by atoms with Crippen LogP contribution in [0.3, 0.4) is 0 Å². The summed E-state index contributed by atoms with van der Waals surface area (Å²) in [5, 5.41) is 20.7. The van der Waals surface area contributed by atoms with Gasteiger partial charge in [0, 0.05) is 48.1 Å². The van der Waals surface area contributed by atoms with Crippen LogP contribution in [0.2, 0.25) is 0 Å². The molecule has 2 fully saturated rings. The highest BCUT2D eigenvalue weighted by molar-refractivity contribution is 5.95. The van der Waals surface area contributed by atoms with Crippen molar-refractivity contribution in [2.75, 3.05) is 32.2 Å². The molecule has 0 atom stereocenters. The summed E-state index contributed by atoms with van der Waals surface area (Å²) < 4.78 is 11.0. The van der Waals surface area contributed by atoms with Crippen molar-refractivity contribution in [3.8, 4) is 22.6 Å². The monoisotopic (exact) mass is 483 g/mol. The number of hydrogen-bond acceptors (Lipinski definition) is 8. The molecule has 4 aromatic rings. The number of pyridine rings is 2. The number of ether oxygens (including phenoxy) is 2. The second-order valence-corrected chi connectivity index (χ2v) is 9.63. The minimum absolute atomic E-state index is 0.514. The topological polar surface area (TPSA) is 93.5 Å². The number of nitrogens with zero attached hydrogens (tertiary/aromatic N) is 5. The van der Waals surface area contributed by atoms with E-state index in [-0.39, 0.29) is 0 Å². The third-order valence-electron chi connectivity index (χ3n) is 7.40. The number of aromatic nitrogens is 4. The lowest BCUT2D eigenvalue weighted by Crippen LogP contribution is -2.43. The van der Waals surface area contributed by atoms with E-state index in [1.165, 1.54) is 18.4 Å². The van der Waals surface area contributed by atoms with E-state index >= 15 is 0 Å². The molecule has 4 heterocycles. The molecule has 0 spiro atoms. The van der Waals surface area contributed by atoms with E-state index in [2.05, 4.69) is 26.1 Å². The maximum atomic E-state index is 11.2. The second kappa shape index (κ2) is 9.02. The maximum absolute atomic E-state index is 11.2. The Morgan fingerprint density at radius 1 is 0.972 bits per heavy atom. The minimum atomic E-state index is -0.890. The molecule has 1 N–H and O–H groups in total. The standard InChI is InChI=1S/C28H29N5O3/c1-35-24-14-21-22(17-31-32-23(21)15-25(24)36-2)19-13-20(18-6-7-18)27(30-16-19)33-11-8-28(34,9-12-33)26-5-3-4-10-29-26/h3-5,10,13-18,34H,6-9,11-12H2,1-2H3. The molecule has 184 valence electrons. The quantitative estimate of drug-likeness (QED) is 0.429. The van der Waals surface area contributed by atoms with Gasteiger partial charge in [-0.15, -0.1) is 0 Å². The molecule has 0 bridgehead atoms. The summed E-state index contributed by atoms with van der Waals surface area (Å²) in [5.41, 5.74) is 3.84. The third-order valence-corrected chi connectivity index (χ3v) is 7.40. The number of benzene rings is 1. The number of anilines is 1. The fourth-order valence-electron chi connectivity index (χ4n) is 5.18. The number of methoxy groups -OCH3 is 2. The van der Waals surface area contributed by atoms with Gasteiger partial charge in [0.25, 0.3) is 0 Å². The molecule has 6 rings (SSSR count). The van der Waals surface area contributed by atoms with Crippen molar-refractivity contribution >= 4 is 16.7 Å². The smallest absolute Gasteiger partial charge is 0.162 e. The highest BCUT2D eigenvalue weighted by Crippen LogP contribution is 2.46. The van der Waals surface area contributed by atoms with Gasteiger partial charge in [0.15, 0.2) is 11.5 Å². The van der Waals surface area contributed by atoms with Crippen molar-refractivity contribution in [1.82, 2.24) is 20.2 Å². The Labute approximate surface area is 209 Å². The van der Waals surface area contributed by atoms with Crippen LogP contribution in [0.5, 0.6) is 11.5 Å². The lowest BCUT2D eigenvalue weighted by atomic mass is 9.87. The number of piperidine rings is 1. The zero-order valence-electron chi connectivity index (χ0n) is 20.5. The molecule has 1 saturated carbocycles. The molecule has 0 amide bonds. The maximum Gasteiger partial charge on any atom is 0.162 e. The Bertz CT molecular complexity index is 1400. The lowest BCUT2D eigenvalue weighted by molar-refractivity contribution is 0.00747. The Morgan fingerprint density at radius 2 is 1.75 bits per heavy atom. The van der Waals surface area contributed by atoms with E-state index in [1.807, 2.05) is 36.5 Å². The molecule has 0 radical (unpaired) electrons. The molecule has 8 heteroatoms. The SMILES string of the molecule is COc1cc2nncc(-c3cnc(N4CCC(O)(c5ccccn5)CC4)c(C4CC4)c3)c2cc1OC. The van der Waals surface area contributed by atoms with Gasteiger partial charge in [0.05, 0.1) is 31.6 Å². The minimum Gasteiger partial charge on any atom is -0.493 e. The van der Waals surface area contributed by atoms with Gasteiger partial charge in [-0.05, 0) is 61.4 Å². The Morgan fingerprint density at radius 3 is 2.44 bits per heavy atom. The fourth-order valence-corrected chi connectivity index (χ4v) is 5.18. The molecule has 1 aliphatic carbocycles. The summed E-state index contributed by atoms with van der Waals surface area (Å²) in [6.45, 7) is 1.46. The normalized spacial score (nSPS) is 17.2. The van der Waals surface area contributed by atoms with Crippen LogP contribution < -0.4 is 14.4 Å². The summed E-state index contributed by atoms with van der Waals surface area (Å²) in [6, 6.07) is 11.8. The zero-order chi connectivity index (χ0) is 24.7. The van der Waals surface area contributed by atoms with Crippen molar-refractivity contribution in [1.29, 1.82) is 0 Å². The number of fused-ring (bicyclic) bond motifs is 1. The van der Waals surface area contributed by atoms with Gasteiger partial charge in [-0.1, -0.05) is 6.07 Å². The molecular formula is C28H29N5O3. The van der Waals surface area contributed by atoms with Crippen LogP contribution >= 0.6 is 0 Å². The molecule has 3 aromatic heterocycles. The average molecular weight is 484 g/mol. The largest absolute Gasteiger partial charge is 0.493 e. The molecule has 36 heavy (non-hydrogen) atoms. The van der Waals surface area contributed by atoms with Gasteiger partial charge in [-0.25, -0.2) is 4.98 Å². The van der Waals surface area contributed by atoms with E-state index in [1.54, 1.807) is 26.6 Å². The third kappa shape index (κ3) is 4.01.